The molecule has 1 heterocycles. The monoisotopic (exact) mass is 410 g/mol. The smallest absolute Gasteiger partial charge is 0.0809 e. The minimum atomic E-state index is -0.353. The number of aliphatic hydroxyl groups is 2. The standard InChI is InChI=1S/C26H38N2O2/c1-15-21(16(2)28(5)27-15)12-17-13-23-20-7-6-18-14-19(29)8-10-25(18,3)22(20)9-11-26(23,4)24(17)30/h6,12,19-20,22-24,29-30H,7-11,13-14H2,1-5H3/b17-12+/t19-,20-,22+,23+,24-,25-,26+/m0/s1. The minimum Gasteiger partial charge on any atom is -0.393 e. The van der Waals surface area contributed by atoms with Crippen molar-refractivity contribution in [2.24, 2.45) is 35.6 Å². The van der Waals surface area contributed by atoms with Crippen LogP contribution in [0.25, 0.3) is 6.08 Å². The van der Waals surface area contributed by atoms with Crippen molar-refractivity contribution in [1.29, 1.82) is 0 Å². The van der Waals surface area contributed by atoms with Crippen molar-refractivity contribution in [2.45, 2.75) is 84.8 Å². The lowest BCUT2D eigenvalue weighted by Gasteiger charge is -2.57. The maximum Gasteiger partial charge on any atom is 0.0809 e. The van der Waals surface area contributed by atoms with E-state index in [1.165, 1.54) is 28.8 Å². The summed E-state index contributed by atoms with van der Waals surface area (Å²) in [5.74, 6) is 1.87. The molecule has 3 fully saturated rings. The summed E-state index contributed by atoms with van der Waals surface area (Å²) in [4.78, 5) is 0. The van der Waals surface area contributed by atoms with E-state index in [0.29, 0.717) is 17.8 Å². The van der Waals surface area contributed by atoms with Crippen LogP contribution < -0.4 is 0 Å². The SMILES string of the molecule is Cc1nn(C)c(C)c1/C=C1\C[C@@H]2[C@H]3CC=C4C[C@@H](O)CC[C@]4(C)[C@@H]3CC[C@@]2(C)[C@H]1O. The Bertz CT molecular complexity index is 928. The molecule has 0 amide bonds. The molecule has 30 heavy (non-hydrogen) atoms. The van der Waals surface area contributed by atoms with Gasteiger partial charge >= 0.3 is 0 Å². The molecule has 0 spiro atoms. The Hall–Kier alpha value is -1.39. The predicted molar refractivity (Wildman–Crippen MR) is 120 cm³/mol. The highest BCUT2D eigenvalue weighted by Crippen LogP contribution is 2.65. The van der Waals surface area contributed by atoms with E-state index in [0.717, 1.165) is 44.2 Å². The molecule has 3 saturated carbocycles. The van der Waals surface area contributed by atoms with Crippen LogP contribution >= 0.6 is 0 Å². The van der Waals surface area contributed by atoms with Gasteiger partial charge in [0.15, 0.2) is 0 Å². The Morgan fingerprint density at radius 3 is 2.57 bits per heavy atom. The summed E-state index contributed by atoms with van der Waals surface area (Å²) in [6, 6.07) is 0. The van der Waals surface area contributed by atoms with Gasteiger partial charge in [-0.25, -0.2) is 0 Å². The average molecular weight is 411 g/mol. The third-order valence-electron chi connectivity index (χ3n) is 9.84. The summed E-state index contributed by atoms with van der Waals surface area (Å²) in [6.45, 7) is 8.99. The third-order valence-corrected chi connectivity index (χ3v) is 9.84. The second kappa shape index (κ2) is 6.80. The van der Waals surface area contributed by atoms with Crippen LogP contribution in [0.15, 0.2) is 17.2 Å². The second-order valence-corrected chi connectivity index (χ2v) is 11.2. The summed E-state index contributed by atoms with van der Waals surface area (Å²) in [5, 5.41) is 26.3. The maximum absolute atomic E-state index is 11.5. The summed E-state index contributed by atoms with van der Waals surface area (Å²) in [6.07, 6.45) is 11.6. The van der Waals surface area contributed by atoms with Crippen molar-refractivity contribution in [1.82, 2.24) is 9.78 Å². The van der Waals surface area contributed by atoms with Crippen LogP contribution in [0.5, 0.6) is 0 Å². The van der Waals surface area contributed by atoms with Crippen molar-refractivity contribution in [3.63, 3.8) is 0 Å². The first kappa shape index (κ1) is 20.5. The first-order chi connectivity index (χ1) is 14.1. The molecule has 4 heteroatoms. The first-order valence-corrected chi connectivity index (χ1v) is 11.9. The maximum atomic E-state index is 11.5. The number of allylic oxidation sites excluding steroid dienone is 1. The quantitative estimate of drug-likeness (QED) is 0.659. The van der Waals surface area contributed by atoms with E-state index in [9.17, 15) is 10.2 Å². The van der Waals surface area contributed by atoms with Crippen LogP contribution in [0.3, 0.4) is 0 Å². The molecule has 4 nitrogen and oxygen atoms in total. The Balaban J connectivity index is 1.49. The Morgan fingerprint density at radius 2 is 1.87 bits per heavy atom. The number of nitrogens with zero attached hydrogens (tertiary/aromatic N) is 2. The number of hydrogen-bond donors (Lipinski definition) is 2. The van der Waals surface area contributed by atoms with Crippen molar-refractivity contribution < 1.29 is 10.2 Å². The summed E-state index contributed by atoms with van der Waals surface area (Å²) in [7, 11) is 1.99. The van der Waals surface area contributed by atoms with Crippen LogP contribution in [0.4, 0.5) is 0 Å². The lowest BCUT2D eigenvalue weighted by atomic mass is 9.48. The van der Waals surface area contributed by atoms with Crippen molar-refractivity contribution in [3.05, 3.63) is 34.2 Å². The average Bonchev–Trinajstić information content (AvgIpc) is 3.10. The Labute approximate surface area is 181 Å². The molecule has 0 aliphatic heterocycles. The molecule has 0 radical (unpaired) electrons. The number of hydrogen-bond acceptors (Lipinski definition) is 3. The highest BCUT2D eigenvalue weighted by molar-refractivity contribution is 5.59. The number of fused-ring (bicyclic) bond motifs is 5. The molecule has 0 aromatic carbocycles. The Morgan fingerprint density at radius 1 is 1.10 bits per heavy atom. The minimum absolute atomic E-state index is 0.0209. The molecule has 0 bridgehead atoms. The number of aryl methyl sites for hydroxylation is 2. The summed E-state index contributed by atoms with van der Waals surface area (Å²) in [5.41, 5.74) is 6.35. The molecular weight excluding hydrogens is 372 g/mol. The van der Waals surface area contributed by atoms with Crippen LogP contribution in [0.2, 0.25) is 0 Å². The van der Waals surface area contributed by atoms with E-state index in [-0.39, 0.29) is 23.0 Å². The van der Waals surface area contributed by atoms with Gasteiger partial charge in [0.1, 0.15) is 0 Å². The van der Waals surface area contributed by atoms with E-state index in [1.54, 1.807) is 0 Å². The topological polar surface area (TPSA) is 58.3 Å². The van der Waals surface area contributed by atoms with Crippen molar-refractivity contribution >= 4 is 6.08 Å². The van der Waals surface area contributed by atoms with Gasteiger partial charge in [0.25, 0.3) is 0 Å². The Kier molecular flexibility index (Phi) is 4.65. The molecule has 7 atom stereocenters. The van der Waals surface area contributed by atoms with E-state index in [2.05, 4.69) is 44.9 Å². The van der Waals surface area contributed by atoms with Crippen LogP contribution in [-0.2, 0) is 7.05 Å². The van der Waals surface area contributed by atoms with Gasteiger partial charge in [0.05, 0.1) is 17.9 Å². The van der Waals surface area contributed by atoms with Gasteiger partial charge in [0.2, 0.25) is 0 Å². The van der Waals surface area contributed by atoms with Crippen LogP contribution in [-0.4, -0.2) is 32.2 Å². The van der Waals surface area contributed by atoms with Gasteiger partial charge in [0, 0.05) is 23.7 Å². The summed E-state index contributed by atoms with van der Waals surface area (Å²) < 4.78 is 1.94. The van der Waals surface area contributed by atoms with Gasteiger partial charge in [-0.15, -0.1) is 0 Å². The molecular formula is C26H38N2O2. The molecule has 2 N–H and O–H groups in total. The number of rotatable bonds is 1. The van der Waals surface area contributed by atoms with Gasteiger partial charge in [-0.05, 0) is 93.6 Å². The molecule has 4 aliphatic carbocycles. The van der Waals surface area contributed by atoms with Crippen LogP contribution in [0, 0.1) is 42.4 Å². The second-order valence-electron chi connectivity index (χ2n) is 11.2. The van der Waals surface area contributed by atoms with Crippen LogP contribution in [0.1, 0.15) is 75.7 Å². The predicted octanol–water partition coefficient (Wildman–Crippen LogP) is 4.71. The summed E-state index contributed by atoms with van der Waals surface area (Å²) >= 11 is 0. The fraction of sp³-hybridized carbons (Fsp3) is 0.731. The molecule has 4 aliphatic rings. The van der Waals surface area contributed by atoms with Crippen molar-refractivity contribution in [3.8, 4) is 0 Å². The fourth-order valence-electron chi connectivity index (χ4n) is 7.82. The zero-order valence-electron chi connectivity index (χ0n) is 19.3. The van der Waals surface area contributed by atoms with Gasteiger partial charge in [-0.2, -0.15) is 5.10 Å². The molecule has 1 aromatic rings. The van der Waals surface area contributed by atoms with Gasteiger partial charge in [-0.1, -0.05) is 25.5 Å². The van der Waals surface area contributed by atoms with E-state index < -0.39 is 0 Å². The molecule has 0 saturated heterocycles. The molecule has 164 valence electrons. The highest BCUT2D eigenvalue weighted by Gasteiger charge is 2.59. The molecule has 5 rings (SSSR count). The van der Waals surface area contributed by atoms with E-state index in [4.69, 9.17) is 0 Å². The molecule has 0 unspecified atom stereocenters. The number of aromatic nitrogens is 2. The highest BCUT2D eigenvalue weighted by atomic mass is 16.3. The molecule has 1 aromatic heterocycles. The first-order valence-electron chi connectivity index (χ1n) is 11.9. The lowest BCUT2D eigenvalue weighted by Crippen LogP contribution is -2.51. The van der Waals surface area contributed by atoms with Gasteiger partial charge < -0.3 is 10.2 Å². The van der Waals surface area contributed by atoms with Gasteiger partial charge in [-0.3, -0.25) is 4.68 Å². The largest absolute Gasteiger partial charge is 0.393 e. The van der Waals surface area contributed by atoms with E-state index in [1.807, 2.05) is 11.7 Å². The normalized spacial score (nSPS) is 44.4. The lowest BCUT2D eigenvalue weighted by molar-refractivity contribution is -0.0685. The van der Waals surface area contributed by atoms with E-state index >= 15 is 0 Å². The fourth-order valence-corrected chi connectivity index (χ4v) is 7.82. The zero-order valence-corrected chi connectivity index (χ0v) is 19.3. The van der Waals surface area contributed by atoms with Crippen molar-refractivity contribution in [2.75, 3.05) is 0 Å². The number of aliphatic hydroxyl groups excluding tert-OH is 2. The zero-order chi connectivity index (χ0) is 21.4. The third kappa shape index (κ3) is 2.75.